The van der Waals surface area contributed by atoms with E-state index in [1.807, 2.05) is 5.43 Å². The number of nitrogens with two attached hydrogens (primary N) is 1. The molecule has 1 saturated heterocycles. The Morgan fingerprint density at radius 1 is 1.50 bits per heavy atom. The van der Waals surface area contributed by atoms with Crippen LogP contribution in [0.1, 0.15) is 10.4 Å². The van der Waals surface area contributed by atoms with Crippen LogP contribution in [0, 0.1) is 5.82 Å². The van der Waals surface area contributed by atoms with Gasteiger partial charge in [-0.3, -0.25) is 4.79 Å². The maximum atomic E-state index is 13.8. The molecule has 0 aromatic carbocycles. The van der Waals surface area contributed by atoms with Gasteiger partial charge in [-0.1, -0.05) is 0 Å². The van der Waals surface area contributed by atoms with E-state index in [2.05, 4.69) is 4.98 Å². The number of nitrogens with zero attached hydrogens (tertiary/aromatic N) is 2. The van der Waals surface area contributed by atoms with Gasteiger partial charge in [-0.05, 0) is 6.07 Å². The van der Waals surface area contributed by atoms with E-state index in [1.165, 1.54) is 17.2 Å². The smallest absolute Gasteiger partial charge is 0.257 e. The van der Waals surface area contributed by atoms with Crippen LogP contribution in [-0.2, 0) is 0 Å². The van der Waals surface area contributed by atoms with Crippen LogP contribution in [0.2, 0.25) is 0 Å². The molecule has 1 aromatic heterocycles. The minimum absolute atomic E-state index is 0.0346. The molecular formula is C10H13FN4O3. The van der Waals surface area contributed by atoms with Crippen molar-refractivity contribution in [2.45, 2.75) is 12.2 Å². The second-order valence-corrected chi connectivity index (χ2v) is 4.01. The zero-order valence-electron chi connectivity index (χ0n) is 9.38. The van der Waals surface area contributed by atoms with Crippen molar-refractivity contribution >= 4 is 11.7 Å². The molecule has 2 unspecified atom stereocenters. The Morgan fingerprint density at radius 2 is 2.11 bits per heavy atom. The highest BCUT2D eigenvalue weighted by Gasteiger charge is 2.34. The number of β-amino-alcohol motifs (C(OH)–C–C–N with tert-alkyl or cyclic N) is 2. The number of anilines is 1. The normalized spacial score (nSPS) is 23.2. The molecule has 1 fully saturated rings. The number of rotatable bonds is 2. The van der Waals surface area contributed by atoms with Gasteiger partial charge in [0.05, 0.1) is 17.8 Å². The molecule has 8 heteroatoms. The molecule has 1 aromatic rings. The fourth-order valence-corrected chi connectivity index (χ4v) is 1.82. The third-order valence-electron chi connectivity index (χ3n) is 2.80. The molecule has 5 N–H and O–H groups in total. The number of aliphatic hydroxyl groups is 2. The minimum Gasteiger partial charge on any atom is -0.388 e. The summed E-state index contributed by atoms with van der Waals surface area (Å²) < 4.78 is 13.8. The first kappa shape index (κ1) is 12.7. The molecule has 0 spiro atoms. The van der Waals surface area contributed by atoms with Crippen LogP contribution in [0.25, 0.3) is 0 Å². The van der Waals surface area contributed by atoms with Crippen molar-refractivity contribution in [3.05, 3.63) is 23.6 Å². The maximum Gasteiger partial charge on any atom is 0.257 e. The number of halogens is 1. The molecule has 1 aliphatic rings. The van der Waals surface area contributed by atoms with E-state index >= 15 is 0 Å². The van der Waals surface area contributed by atoms with Gasteiger partial charge in [0, 0.05) is 19.3 Å². The van der Waals surface area contributed by atoms with E-state index in [1.54, 1.807) is 0 Å². The lowest BCUT2D eigenvalue weighted by atomic mass is 10.2. The van der Waals surface area contributed by atoms with E-state index in [0.717, 1.165) is 0 Å². The molecule has 1 amide bonds. The largest absolute Gasteiger partial charge is 0.388 e. The highest BCUT2D eigenvalue weighted by atomic mass is 19.1. The summed E-state index contributed by atoms with van der Waals surface area (Å²) in [6.07, 6.45) is -0.772. The number of pyridine rings is 1. The van der Waals surface area contributed by atoms with Crippen LogP contribution < -0.4 is 11.3 Å². The van der Waals surface area contributed by atoms with Crippen molar-refractivity contribution in [1.82, 2.24) is 9.88 Å². The van der Waals surface area contributed by atoms with Crippen LogP contribution in [-0.4, -0.2) is 51.3 Å². The van der Waals surface area contributed by atoms with Crippen molar-refractivity contribution < 1.29 is 19.4 Å². The Balaban J connectivity index is 2.24. The molecule has 0 saturated carbocycles. The first-order valence-electron chi connectivity index (χ1n) is 5.31. The second-order valence-electron chi connectivity index (χ2n) is 4.01. The maximum absolute atomic E-state index is 13.8. The van der Waals surface area contributed by atoms with Crippen LogP contribution in [0.5, 0.6) is 0 Å². The number of amides is 1. The monoisotopic (exact) mass is 256 g/mol. The quantitative estimate of drug-likeness (QED) is 0.386. The van der Waals surface area contributed by atoms with Gasteiger partial charge < -0.3 is 20.5 Å². The Morgan fingerprint density at radius 3 is 2.67 bits per heavy atom. The number of carbonyl (C=O) groups is 1. The van der Waals surface area contributed by atoms with Gasteiger partial charge in [0.15, 0.2) is 11.6 Å². The lowest BCUT2D eigenvalue weighted by molar-refractivity contribution is 0.0572. The van der Waals surface area contributed by atoms with Crippen LogP contribution in [0.4, 0.5) is 10.2 Å². The average molecular weight is 256 g/mol. The van der Waals surface area contributed by atoms with Crippen molar-refractivity contribution in [2.75, 3.05) is 18.5 Å². The van der Waals surface area contributed by atoms with Crippen LogP contribution in [0.15, 0.2) is 12.3 Å². The Bertz CT molecular complexity index is 460. The molecule has 0 bridgehead atoms. The fraction of sp³-hybridized carbons (Fsp3) is 0.400. The molecule has 1 aliphatic heterocycles. The van der Waals surface area contributed by atoms with E-state index in [9.17, 15) is 19.4 Å². The number of hydrogen-bond donors (Lipinski definition) is 4. The number of hydrogen-bond acceptors (Lipinski definition) is 6. The average Bonchev–Trinajstić information content (AvgIpc) is 2.69. The molecule has 98 valence electrons. The second kappa shape index (κ2) is 4.84. The van der Waals surface area contributed by atoms with Gasteiger partial charge in [-0.25, -0.2) is 15.2 Å². The topological polar surface area (TPSA) is 112 Å². The summed E-state index contributed by atoms with van der Waals surface area (Å²) in [4.78, 5) is 16.8. The summed E-state index contributed by atoms with van der Waals surface area (Å²) in [6.45, 7) is -0.0691. The highest BCUT2D eigenvalue weighted by molar-refractivity contribution is 5.95. The van der Waals surface area contributed by atoms with Gasteiger partial charge >= 0.3 is 0 Å². The lowest BCUT2D eigenvalue weighted by Gasteiger charge is -2.16. The zero-order chi connectivity index (χ0) is 13.3. The third kappa shape index (κ3) is 2.13. The Labute approximate surface area is 102 Å². The SMILES string of the molecule is NNc1nccc(C(=O)N2CC(O)C(O)C2)c1F. The van der Waals surface area contributed by atoms with Gasteiger partial charge in [-0.2, -0.15) is 0 Å². The summed E-state index contributed by atoms with van der Waals surface area (Å²) in [6, 6.07) is 1.22. The number of hydrazine groups is 1. The molecule has 0 aliphatic carbocycles. The number of carbonyl (C=O) groups excluding carboxylic acids is 1. The van der Waals surface area contributed by atoms with Crippen molar-refractivity contribution in [3.63, 3.8) is 0 Å². The predicted molar refractivity (Wildman–Crippen MR) is 59.9 cm³/mol. The molecule has 2 rings (SSSR count). The van der Waals surface area contributed by atoms with Gasteiger partial charge in [-0.15, -0.1) is 0 Å². The molecular weight excluding hydrogens is 243 g/mol. The van der Waals surface area contributed by atoms with E-state index in [-0.39, 0.29) is 24.5 Å². The fourth-order valence-electron chi connectivity index (χ4n) is 1.82. The molecule has 0 radical (unpaired) electrons. The summed E-state index contributed by atoms with van der Waals surface area (Å²) in [5.41, 5.74) is 1.83. The highest BCUT2D eigenvalue weighted by Crippen LogP contribution is 2.19. The van der Waals surface area contributed by atoms with Crippen LogP contribution >= 0.6 is 0 Å². The zero-order valence-corrected chi connectivity index (χ0v) is 9.38. The van der Waals surface area contributed by atoms with Crippen LogP contribution in [0.3, 0.4) is 0 Å². The van der Waals surface area contributed by atoms with Crippen molar-refractivity contribution in [2.24, 2.45) is 5.84 Å². The van der Waals surface area contributed by atoms with Gasteiger partial charge in [0.1, 0.15) is 0 Å². The first-order valence-corrected chi connectivity index (χ1v) is 5.31. The number of nitrogens with one attached hydrogen (secondary N) is 1. The first-order chi connectivity index (χ1) is 8.54. The molecule has 7 nitrogen and oxygen atoms in total. The van der Waals surface area contributed by atoms with Gasteiger partial charge in [0.25, 0.3) is 5.91 Å². The Hall–Kier alpha value is -1.77. The number of aromatic nitrogens is 1. The predicted octanol–water partition coefficient (Wildman–Crippen LogP) is -1.32. The van der Waals surface area contributed by atoms with E-state index in [0.29, 0.717) is 0 Å². The van der Waals surface area contributed by atoms with E-state index < -0.39 is 23.9 Å². The number of aliphatic hydroxyl groups excluding tert-OH is 2. The summed E-state index contributed by atoms with van der Waals surface area (Å²) >= 11 is 0. The molecule has 2 heterocycles. The van der Waals surface area contributed by atoms with E-state index in [4.69, 9.17) is 5.84 Å². The summed E-state index contributed by atoms with van der Waals surface area (Å²) in [5, 5.41) is 18.7. The number of likely N-dealkylation sites (tertiary alicyclic amines) is 1. The molecule has 18 heavy (non-hydrogen) atoms. The third-order valence-corrected chi connectivity index (χ3v) is 2.80. The van der Waals surface area contributed by atoms with Gasteiger partial charge in [0.2, 0.25) is 0 Å². The van der Waals surface area contributed by atoms with Crippen molar-refractivity contribution in [1.29, 1.82) is 0 Å². The number of nitrogen functional groups attached to an aromatic ring is 1. The summed E-state index contributed by atoms with van der Waals surface area (Å²) in [5.74, 6) is 3.34. The molecule has 2 atom stereocenters. The Kier molecular flexibility index (Phi) is 3.41. The minimum atomic E-state index is -1.01. The van der Waals surface area contributed by atoms with Crippen molar-refractivity contribution in [3.8, 4) is 0 Å². The standard InChI is InChI=1S/C10H13FN4O3/c11-8-5(1-2-13-9(8)14-12)10(18)15-3-6(16)7(17)4-15/h1-2,6-7,16-17H,3-4,12H2,(H,13,14). The summed E-state index contributed by atoms with van der Waals surface area (Å²) in [7, 11) is 0. The lowest BCUT2D eigenvalue weighted by Crippen LogP contribution is -2.31.